The Labute approximate surface area is 108 Å². The largest absolute Gasteiger partial charge is 0.467 e. The highest BCUT2D eigenvalue weighted by Gasteiger charge is 2.50. The fourth-order valence-corrected chi connectivity index (χ4v) is 2.28. The van der Waals surface area contributed by atoms with Gasteiger partial charge in [-0.2, -0.15) is 13.2 Å². The van der Waals surface area contributed by atoms with Gasteiger partial charge in [-0.25, -0.2) is 0 Å². The van der Waals surface area contributed by atoms with Crippen LogP contribution in [0.25, 0.3) is 0 Å². The first kappa shape index (κ1) is 13.9. The van der Waals surface area contributed by atoms with Crippen molar-refractivity contribution >= 4 is 5.91 Å². The molecule has 4 nitrogen and oxygen atoms in total. The summed E-state index contributed by atoms with van der Waals surface area (Å²) in [6, 6.07) is 3.35. The van der Waals surface area contributed by atoms with Crippen LogP contribution in [0.4, 0.5) is 13.2 Å². The number of furan rings is 1. The Bertz CT molecular complexity index is 431. The van der Waals surface area contributed by atoms with Gasteiger partial charge in [0.1, 0.15) is 5.76 Å². The number of alkyl halides is 3. The maximum absolute atomic E-state index is 12.8. The number of rotatable bonds is 3. The van der Waals surface area contributed by atoms with E-state index < -0.39 is 23.9 Å². The second kappa shape index (κ2) is 5.24. The molecule has 0 aliphatic carbocycles. The molecule has 106 valence electrons. The highest BCUT2D eigenvalue weighted by atomic mass is 19.4. The van der Waals surface area contributed by atoms with E-state index in [0.29, 0.717) is 5.76 Å². The summed E-state index contributed by atoms with van der Waals surface area (Å²) in [4.78, 5) is 13.3. The van der Waals surface area contributed by atoms with Crippen molar-refractivity contribution < 1.29 is 22.4 Å². The molecule has 1 aromatic rings. The van der Waals surface area contributed by atoms with Crippen molar-refractivity contribution in [1.29, 1.82) is 0 Å². The van der Waals surface area contributed by atoms with Gasteiger partial charge in [-0.15, -0.1) is 0 Å². The quantitative estimate of drug-likeness (QED) is 0.912. The van der Waals surface area contributed by atoms with E-state index in [2.05, 4.69) is 5.32 Å². The van der Waals surface area contributed by atoms with Gasteiger partial charge in [0.15, 0.2) is 0 Å². The van der Waals surface area contributed by atoms with Crippen LogP contribution in [0.3, 0.4) is 0 Å². The summed E-state index contributed by atoms with van der Waals surface area (Å²) in [5, 5.41) is 2.63. The molecule has 1 fully saturated rings. The minimum Gasteiger partial charge on any atom is -0.467 e. The SMILES string of the molecule is CN(Cc1ccco1)C(=O)[C@@H]1CNC[C@H]1C(F)(F)F. The summed E-state index contributed by atoms with van der Waals surface area (Å²) in [5.74, 6) is -2.63. The van der Waals surface area contributed by atoms with E-state index in [1.807, 2.05) is 0 Å². The van der Waals surface area contributed by atoms with E-state index in [4.69, 9.17) is 4.42 Å². The fraction of sp³-hybridized carbons (Fsp3) is 0.583. The van der Waals surface area contributed by atoms with Gasteiger partial charge in [-0.1, -0.05) is 0 Å². The molecule has 1 aromatic heterocycles. The first-order valence-electron chi connectivity index (χ1n) is 5.94. The second-order valence-electron chi connectivity index (χ2n) is 4.69. The topological polar surface area (TPSA) is 45.5 Å². The van der Waals surface area contributed by atoms with Crippen LogP contribution in [-0.2, 0) is 11.3 Å². The van der Waals surface area contributed by atoms with Gasteiger partial charge in [-0.05, 0) is 12.1 Å². The van der Waals surface area contributed by atoms with Crippen LogP contribution < -0.4 is 5.32 Å². The van der Waals surface area contributed by atoms with Crippen molar-refractivity contribution in [1.82, 2.24) is 10.2 Å². The summed E-state index contributed by atoms with van der Waals surface area (Å²) < 4.78 is 43.4. The number of amides is 1. The molecule has 0 aromatic carbocycles. The number of hydrogen-bond donors (Lipinski definition) is 1. The Morgan fingerprint density at radius 2 is 2.26 bits per heavy atom. The van der Waals surface area contributed by atoms with Gasteiger partial charge in [0.2, 0.25) is 5.91 Å². The highest BCUT2D eigenvalue weighted by molar-refractivity contribution is 5.79. The lowest BCUT2D eigenvalue weighted by molar-refractivity contribution is -0.185. The average Bonchev–Trinajstić information content (AvgIpc) is 2.96. The Hall–Kier alpha value is -1.50. The van der Waals surface area contributed by atoms with Crippen LogP contribution in [0.15, 0.2) is 22.8 Å². The Balaban J connectivity index is 2.02. The lowest BCUT2D eigenvalue weighted by atomic mass is 9.94. The zero-order chi connectivity index (χ0) is 14.0. The van der Waals surface area contributed by atoms with E-state index in [9.17, 15) is 18.0 Å². The molecule has 0 radical (unpaired) electrons. The molecule has 2 rings (SSSR count). The number of nitrogens with zero attached hydrogens (tertiary/aromatic N) is 1. The zero-order valence-electron chi connectivity index (χ0n) is 10.4. The van der Waals surface area contributed by atoms with Crippen molar-refractivity contribution in [3.63, 3.8) is 0 Å². The lowest BCUT2D eigenvalue weighted by Crippen LogP contribution is -2.40. The Morgan fingerprint density at radius 3 is 2.84 bits per heavy atom. The summed E-state index contributed by atoms with van der Waals surface area (Å²) in [7, 11) is 1.48. The number of hydrogen-bond acceptors (Lipinski definition) is 3. The molecule has 1 N–H and O–H groups in total. The summed E-state index contributed by atoms with van der Waals surface area (Å²) >= 11 is 0. The third-order valence-corrected chi connectivity index (χ3v) is 3.30. The monoisotopic (exact) mass is 276 g/mol. The Morgan fingerprint density at radius 1 is 1.53 bits per heavy atom. The zero-order valence-corrected chi connectivity index (χ0v) is 10.4. The first-order chi connectivity index (χ1) is 8.89. The molecule has 0 saturated carbocycles. The average molecular weight is 276 g/mol. The molecule has 0 bridgehead atoms. The van der Waals surface area contributed by atoms with Crippen LogP contribution in [0.2, 0.25) is 0 Å². The molecule has 1 saturated heterocycles. The van der Waals surface area contributed by atoms with Crippen LogP contribution in [0.5, 0.6) is 0 Å². The molecule has 1 aliphatic rings. The van der Waals surface area contributed by atoms with Crippen molar-refractivity contribution in [3.05, 3.63) is 24.2 Å². The number of halogens is 3. The highest BCUT2D eigenvalue weighted by Crippen LogP contribution is 2.35. The maximum atomic E-state index is 12.8. The van der Waals surface area contributed by atoms with E-state index >= 15 is 0 Å². The molecule has 19 heavy (non-hydrogen) atoms. The maximum Gasteiger partial charge on any atom is 0.393 e. The Kier molecular flexibility index (Phi) is 3.84. The molecule has 1 aliphatic heterocycles. The molecule has 1 amide bonds. The second-order valence-corrected chi connectivity index (χ2v) is 4.69. The predicted octanol–water partition coefficient (Wildman–Crippen LogP) is 1.64. The van der Waals surface area contributed by atoms with E-state index in [1.54, 1.807) is 12.1 Å². The lowest BCUT2D eigenvalue weighted by Gasteiger charge is -2.25. The fourth-order valence-electron chi connectivity index (χ4n) is 2.28. The normalized spacial score (nSPS) is 23.6. The van der Waals surface area contributed by atoms with Crippen LogP contribution in [0, 0.1) is 11.8 Å². The van der Waals surface area contributed by atoms with Crippen molar-refractivity contribution in [2.75, 3.05) is 20.1 Å². The van der Waals surface area contributed by atoms with E-state index in [0.717, 1.165) is 0 Å². The molecule has 0 unspecified atom stereocenters. The van der Waals surface area contributed by atoms with Crippen LogP contribution in [-0.4, -0.2) is 37.1 Å². The molecule has 7 heteroatoms. The van der Waals surface area contributed by atoms with Gasteiger partial charge < -0.3 is 14.6 Å². The van der Waals surface area contributed by atoms with Crippen LogP contribution >= 0.6 is 0 Å². The molecule has 2 heterocycles. The molecular formula is C12H15F3N2O2. The smallest absolute Gasteiger partial charge is 0.393 e. The minimum absolute atomic E-state index is 0.0610. The van der Waals surface area contributed by atoms with Gasteiger partial charge in [-0.3, -0.25) is 4.79 Å². The molecular weight excluding hydrogens is 261 g/mol. The van der Waals surface area contributed by atoms with Crippen molar-refractivity contribution in [2.24, 2.45) is 11.8 Å². The summed E-state index contributed by atoms with van der Waals surface area (Å²) in [6.45, 7) is 0.0346. The van der Waals surface area contributed by atoms with Gasteiger partial charge in [0, 0.05) is 20.1 Å². The van der Waals surface area contributed by atoms with Crippen molar-refractivity contribution in [2.45, 2.75) is 12.7 Å². The third kappa shape index (κ3) is 3.09. The number of carbonyl (C=O) groups excluding carboxylic acids is 1. The van der Waals surface area contributed by atoms with Gasteiger partial charge >= 0.3 is 6.18 Å². The van der Waals surface area contributed by atoms with Gasteiger partial charge in [0.25, 0.3) is 0 Å². The summed E-state index contributed by atoms with van der Waals surface area (Å²) in [5.41, 5.74) is 0. The number of nitrogens with one attached hydrogen (secondary N) is 1. The molecule has 2 atom stereocenters. The molecule has 0 spiro atoms. The minimum atomic E-state index is -4.35. The number of carbonyl (C=O) groups is 1. The third-order valence-electron chi connectivity index (χ3n) is 3.30. The standard InChI is InChI=1S/C12H15F3N2O2/c1-17(7-8-3-2-4-19-8)11(18)9-5-16-6-10(9)12(13,14)15/h2-4,9-10,16H,5-7H2,1H3/t9-,10-/m1/s1. The van der Waals surface area contributed by atoms with E-state index in [1.165, 1.54) is 18.2 Å². The van der Waals surface area contributed by atoms with Gasteiger partial charge in [0.05, 0.1) is 24.6 Å². The predicted molar refractivity (Wildman–Crippen MR) is 61.1 cm³/mol. The van der Waals surface area contributed by atoms with E-state index in [-0.39, 0.29) is 19.6 Å². The van der Waals surface area contributed by atoms with Crippen molar-refractivity contribution in [3.8, 4) is 0 Å². The van der Waals surface area contributed by atoms with Crippen LogP contribution in [0.1, 0.15) is 5.76 Å². The summed E-state index contributed by atoms with van der Waals surface area (Å²) in [6.07, 6.45) is -2.89. The first-order valence-corrected chi connectivity index (χ1v) is 5.94.